The summed E-state index contributed by atoms with van der Waals surface area (Å²) in [6, 6.07) is 0. The number of carboxylic acid groups (broad SMARTS) is 1. The van der Waals surface area contributed by atoms with E-state index in [2.05, 4.69) is 0 Å². The van der Waals surface area contributed by atoms with Crippen molar-refractivity contribution < 1.29 is 19.4 Å². The van der Waals surface area contributed by atoms with Crippen molar-refractivity contribution in [1.82, 2.24) is 0 Å². The molecular weight excluding hydrogens is 172 g/mol. The van der Waals surface area contributed by atoms with Crippen LogP contribution in [-0.2, 0) is 14.3 Å². The van der Waals surface area contributed by atoms with E-state index in [4.69, 9.17) is 14.6 Å². The van der Waals surface area contributed by atoms with Gasteiger partial charge in [0.15, 0.2) is 0 Å². The average Bonchev–Trinajstić information content (AvgIpc) is 2.08. The van der Waals surface area contributed by atoms with E-state index in [0.29, 0.717) is 19.8 Å². The highest BCUT2D eigenvalue weighted by Gasteiger charge is 2.27. The third-order valence-electron chi connectivity index (χ3n) is 2.26. The first kappa shape index (κ1) is 10.5. The minimum atomic E-state index is -0.753. The molecule has 2 atom stereocenters. The molecule has 4 nitrogen and oxygen atoms in total. The fourth-order valence-electron chi connectivity index (χ4n) is 1.61. The Bertz CT molecular complexity index is 167. The lowest BCUT2D eigenvalue weighted by Crippen LogP contribution is -2.36. The maximum absolute atomic E-state index is 10.5. The minimum absolute atomic E-state index is 0.0325. The second-order valence-electron chi connectivity index (χ2n) is 3.22. The lowest BCUT2D eigenvalue weighted by atomic mass is 9.94. The van der Waals surface area contributed by atoms with E-state index >= 15 is 0 Å². The highest BCUT2D eigenvalue weighted by molar-refractivity contribution is 5.67. The van der Waals surface area contributed by atoms with Crippen molar-refractivity contribution in [2.24, 2.45) is 5.92 Å². The van der Waals surface area contributed by atoms with Crippen LogP contribution in [0.25, 0.3) is 0 Å². The summed E-state index contributed by atoms with van der Waals surface area (Å²) in [5, 5.41) is 8.66. The van der Waals surface area contributed by atoms with Crippen LogP contribution in [0.5, 0.6) is 0 Å². The van der Waals surface area contributed by atoms with Gasteiger partial charge in [0.2, 0.25) is 0 Å². The normalized spacial score (nSPS) is 28.7. The van der Waals surface area contributed by atoms with Crippen LogP contribution >= 0.6 is 0 Å². The highest BCUT2D eigenvalue weighted by atomic mass is 16.5. The Morgan fingerprint density at radius 2 is 2.46 bits per heavy atom. The van der Waals surface area contributed by atoms with Crippen LogP contribution in [0, 0.1) is 5.92 Å². The molecule has 0 spiro atoms. The van der Waals surface area contributed by atoms with Gasteiger partial charge < -0.3 is 14.6 Å². The molecule has 0 saturated carbocycles. The second-order valence-corrected chi connectivity index (χ2v) is 3.22. The van der Waals surface area contributed by atoms with Crippen molar-refractivity contribution >= 4 is 5.97 Å². The maximum atomic E-state index is 10.5. The number of carboxylic acids is 1. The van der Waals surface area contributed by atoms with E-state index in [0.717, 1.165) is 6.42 Å². The summed E-state index contributed by atoms with van der Waals surface area (Å²) in [7, 11) is 0. The zero-order chi connectivity index (χ0) is 9.68. The predicted molar refractivity (Wildman–Crippen MR) is 46.6 cm³/mol. The summed E-state index contributed by atoms with van der Waals surface area (Å²) in [5.74, 6) is -0.636. The van der Waals surface area contributed by atoms with Gasteiger partial charge in [0, 0.05) is 13.2 Å². The van der Waals surface area contributed by atoms with Crippen LogP contribution in [-0.4, -0.2) is 37.0 Å². The molecular formula is C9H16O4. The van der Waals surface area contributed by atoms with E-state index in [1.807, 2.05) is 6.92 Å². The van der Waals surface area contributed by atoms with Crippen molar-refractivity contribution in [3.8, 4) is 0 Å². The topological polar surface area (TPSA) is 55.8 Å². The highest BCUT2D eigenvalue weighted by Crippen LogP contribution is 2.21. The first-order valence-electron chi connectivity index (χ1n) is 4.65. The van der Waals surface area contributed by atoms with Gasteiger partial charge in [-0.3, -0.25) is 4.79 Å². The van der Waals surface area contributed by atoms with Crippen LogP contribution in [0.4, 0.5) is 0 Å². The molecule has 0 bridgehead atoms. The molecule has 1 heterocycles. The van der Waals surface area contributed by atoms with Crippen molar-refractivity contribution in [2.75, 3.05) is 19.8 Å². The van der Waals surface area contributed by atoms with Crippen LogP contribution in [0.1, 0.15) is 19.8 Å². The standard InChI is InChI=1S/C9H16O4/c1-2-13-8-6-12-4-3-7(8)5-9(10)11/h7-8H,2-6H2,1H3,(H,10,11)/t7-,8-/m0/s1. The van der Waals surface area contributed by atoms with Gasteiger partial charge in [0.1, 0.15) is 0 Å². The second kappa shape index (κ2) is 5.19. The fraction of sp³-hybridized carbons (Fsp3) is 0.889. The van der Waals surface area contributed by atoms with Gasteiger partial charge in [0.05, 0.1) is 19.1 Å². The van der Waals surface area contributed by atoms with E-state index in [9.17, 15) is 4.79 Å². The van der Waals surface area contributed by atoms with Crippen LogP contribution in [0.3, 0.4) is 0 Å². The van der Waals surface area contributed by atoms with Crippen LogP contribution in [0.15, 0.2) is 0 Å². The minimum Gasteiger partial charge on any atom is -0.481 e. The van der Waals surface area contributed by atoms with Crippen molar-refractivity contribution in [2.45, 2.75) is 25.9 Å². The van der Waals surface area contributed by atoms with Gasteiger partial charge in [0.25, 0.3) is 0 Å². The first-order valence-corrected chi connectivity index (χ1v) is 4.65. The van der Waals surface area contributed by atoms with E-state index in [1.165, 1.54) is 0 Å². The molecule has 4 heteroatoms. The molecule has 1 rings (SSSR count). The number of rotatable bonds is 4. The molecule has 1 aliphatic rings. The number of ether oxygens (including phenoxy) is 2. The molecule has 0 aliphatic carbocycles. The molecule has 0 amide bonds. The summed E-state index contributed by atoms with van der Waals surface area (Å²) in [6.07, 6.45) is 0.945. The van der Waals surface area contributed by atoms with Gasteiger partial charge in [-0.1, -0.05) is 0 Å². The Morgan fingerprint density at radius 1 is 1.69 bits per heavy atom. The number of hydrogen-bond acceptors (Lipinski definition) is 3. The Labute approximate surface area is 77.8 Å². The van der Waals surface area contributed by atoms with Crippen molar-refractivity contribution in [3.63, 3.8) is 0 Å². The van der Waals surface area contributed by atoms with E-state index in [1.54, 1.807) is 0 Å². The van der Waals surface area contributed by atoms with Gasteiger partial charge in [-0.15, -0.1) is 0 Å². The fourth-order valence-corrected chi connectivity index (χ4v) is 1.61. The molecule has 13 heavy (non-hydrogen) atoms. The number of aliphatic carboxylic acids is 1. The molecule has 1 saturated heterocycles. The largest absolute Gasteiger partial charge is 0.481 e. The Morgan fingerprint density at radius 3 is 3.08 bits per heavy atom. The zero-order valence-corrected chi connectivity index (χ0v) is 7.86. The van der Waals surface area contributed by atoms with Crippen molar-refractivity contribution in [1.29, 1.82) is 0 Å². The molecule has 76 valence electrons. The molecule has 0 aromatic heterocycles. The molecule has 1 N–H and O–H groups in total. The molecule has 0 radical (unpaired) electrons. The van der Waals surface area contributed by atoms with Gasteiger partial charge in [-0.25, -0.2) is 0 Å². The third kappa shape index (κ3) is 3.32. The van der Waals surface area contributed by atoms with E-state index < -0.39 is 5.97 Å². The third-order valence-corrected chi connectivity index (χ3v) is 2.26. The van der Waals surface area contributed by atoms with Crippen molar-refractivity contribution in [3.05, 3.63) is 0 Å². The summed E-state index contributed by atoms with van der Waals surface area (Å²) in [6.45, 7) is 3.71. The summed E-state index contributed by atoms with van der Waals surface area (Å²) in [4.78, 5) is 10.5. The number of hydrogen-bond donors (Lipinski definition) is 1. The maximum Gasteiger partial charge on any atom is 0.303 e. The average molecular weight is 188 g/mol. The molecule has 0 aromatic rings. The predicted octanol–water partition coefficient (Wildman–Crippen LogP) is 0.903. The van der Waals surface area contributed by atoms with Crippen LogP contribution in [0.2, 0.25) is 0 Å². The quantitative estimate of drug-likeness (QED) is 0.712. The van der Waals surface area contributed by atoms with Gasteiger partial charge in [-0.05, 0) is 19.3 Å². The number of carbonyl (C=O) groups is 1. The molecule has 1 fully saturated rings. The zero-order valence-electron chi connectivity index (χ0n) is 7.86. The monoisotopic (exact) mass is 188 g/mol. The van der Waals surface area contributed by atoms with Gasteiger partial charge in [-0.2, -0.15) is 0 Å². The Hall–Kier alpha value is -0.610. The lowest BCUT2D eigenvalue weighted by molar-refractivity contribution is -0.143. The molecule has 0 unspecified atom stereocenters. The van der Waals surface area contributed by atoms with Crippen LogP contribution < -0.4 is 0 Å². The summed E-state index contributed by atoms with van der Waals surface area (Å²) >= 11 is 0. The SMILES string of the molecule is CCO[C@H]1COCC[C@H]1CC(=O)O. The smallest absolute Gasteiger partial charge is 0.303 e. The first-order chi connectivity index (χ1) is 6.24. The van der Waals surface area contributed by atoms with E-state index in [-0.39, 0.29) is 18.4 Å². The molecule has 0 aromatic carbocycles. The lowest BCUT2D eigenvalue weighted by Gasteiger charge is -2.30. The Kier molecular flexibility index (Phi) is 4.18. The molecule has 1 aliphatic heterocycles. The summed E-state index contributed by atoms with van der Waals surface area (Å²) < 4.78 is 10.6. The summed E-state index contributed by atoms with van der Waals surface area (Å²) in [5.41, 5.74) is 0. The Balaban J connectivity index is 2.41. The van der Waals surface area contributed by atoms with Gasteiger partial charge >= 0.3 is 5.97 Å².